The first kappa shape index (κ1) is 12.4. The van der Waals surface area contributed by atoms with Crippen LogP contribution in [0.25, 0.3) is 0 Å². The topological polar surface area (TPSA) is 75.6 Å². The van der Waals surface area contributed by atoms with Crippen molar-refractivity contribution in [1.82, 2.24) is 5.32 Å². The minimum atomic E-state index is -1.31. The maximum Gasteiger partial charge on any atom is 0.319 e. The van der Waals surface area contributed by atoms with Gasteiger partial charge in [0.2, 0.25) is 5.91 Å². The third kappa shape index (κ3) is 2.44. The molecule has 2 fully saturated rings. The zero-order valence-corrected chi connectivity index (χ0v) is 10.1. The van der Waals surface area contributed by atoms with E-state index in [-0.39, 0.29) is 17.9 Å². The molecule has 96 valence electrons. The van der Waals surface area contributed by atoms with E-state index in [1.807, 2.05) is 0 Å². The second kappa shape index (κ2) is 4.64. The Bertz CT molecular complexity index is 320. The van der Waals surface area contributed by atoms with Crippen LogP contribution in [0.4, 0.5) is 0 Å². The predicted molar refractivity (Wildman–Crippen MR) is 60.5 cm³/mol. The summed E-state index contributed by atoms with van der Waals surface area (Å²) in [6.07, 6.45) is 3.21. The molecule has 0 aromatic carbocycles. The first-order valence-electron chi connectivity index (χ1n) is 6.17. The van der Waals surface area contributed by atoms with Crippen LogP contribution in [0.15, 0.2) is 0 Å². The van der Waals surface area contributed by atoms with Gasteiger partial charge in [0.1, 0.15) is 5.41 Å². The summed E-state index contributed by atoms with van der Waals surface area (Å²) in [7, 11) is 0. The Labute approximate surface area is 101 Å². The van der Waals surface area contributed by atoms with Crippen LogP contribution >= 0.6 is 0 Å². The van der Waals surface area contributed by atoms with Crippen LogP contribution in [0.3, 0.4) is 0 Å². The fourth-order valence-corrected chi connectivity index (χ4v) is 2.30. The van der Waals surface area contributed by atoms with Gasteiger partial charge in [0.15, 0.2) is 0 Å². The first-order valence-corrected chi connectivity index (χ1v) is 6.17. The minimum absolute atomic E-state index is 0.132. The largest absolute Gasteiger partial charge is 0.480 e. The average Bonchev–Trinajstić information content (AvgIpc) is 3.12. The maximum absolute atomic E-state index is 12.1. The van der Waals surface area contributed by atoms with Crippen LogP contribution in [-0.4, -0.2) is 36.2 Å². The van der Waals surface area contributed by atoms with Crippen molar-refractivity contribution < 1.29 is 19.4 Å². The first-order chi connectivity index (χ1) is 8.05. The molecule has 0 aromatic rings. The van der Waals surface area contributed by atoms with E-state index in [2.05, 4.69) is 5.32 Å². The zero-order chi connectivity index (χ0) is 12.5. The third-order valence-corrected chi connectivity index (χ3v) is 3.87. The molecule has 1 amide bonds. The van der Waals surface area contributed by atoms with E-state index in [0.29, 0.717) is 26.1 Å². The summed E-state index contributed by atoms with van der Waals surface area (Å²) in [5, 5.41) is 12.2. The monoisotopic (exact) mass is 241 g/mol. The second-order valence-electron chi connectivity index (χ2n) is 5.14. The highest BCUT2D eigenvalue weighted by atomic mass is 16.5. The molecule has 5 heteroatoms. The van der Waals surface area contributed by atoms with E-state index in [9.17, 15) is 14.7 Å². The molecule has 0 radical (unpaired) electrons. The summed E-state index contributed by atoms with van der Waals surface area (Å²) in [5.41, 5.74) is -1.31. The number of rotatable bonds is 4. The lowest BCUT2D eigenvalue weighted by Gasteiger charge is -2.35. The molecule has 1 aliphatic carbocycles. The number of hydrogen-bond donors (Lipinski definition) is 2. The van der Waals surface area contributed by atoms with Gasteiger partial charge in [-0.05, 0) is 38.5 Å². The molecule has 1 atom stereocenters. The average molecular weight is 241 g/mol. The summed E-state index contributed by atoms with van der Waals surface area (Å²) in [6, 6.07) is 0.195. The Balaban J connectivity index is 2.11. The lowest BCUT2D eigenvalue weighted by Crippen LogP contribution is -2.51. The number of amides is 1. The standard InChI is InChI=1S/C12H19NO4/c1-12(11(15)16,8-4-6-17-7-5-8)10(14)13-9-2-3-9/h8-9H,2-7H2,1H3,(H,13,14)(H,15,16). The normalized spacial score (nSPS) is 25.0. The van der Waals surface area contributed by atoms with E-state index >= 15 is 0 Å². The summed E-state index contributed by atoms with van der Waals surface area (Å²) < 4.78 is 5.22. The molecule has 1 unspecified atom stereocenters. The summed E-state index contributed by atoms with van der Waals surface area (Å²) in [6.45, 7) is 2.64. The zero-order valence-electron chi connectivity index (χ0n) is 10.1. The van der Waals surface area contributed by atoms with Gasteiger partial charge in [-0.25, -0.2) is 0 Å². The Morgan fingerprint density at radius 2 is 1.82 bits per heavy atom. The molecule has 17 heavy (non-hydrogen) atoms. The van der Waals surface area contributed by atoms with Crippen LogP contribution in [0.5, 0.6) is 0 Å². The maximum atomic E-state index is 12.1. The highest BCUT2D eigenvalue weighted by Gasteiger charge is 2.49. The van der Waals surface area contributed by atoms with Crippen molar-refractivity contribution in [2.24, 2.45) is 11.3 Å². The van der Waals surface area contributed by atoms with Crippen molar-refractivity contribution in [3.8, 4) is 0 Å². The van der Waals surface area contributed by atoms with E-state index in [0.717, 1.165) is 12.8 Å². The number of hydrogen-bond acceptors (Lipinski definition) is 3. The van der Waals surface area contributed by atoms with E-state index in [4.69, 9.17) is 4.74 Å². The van der Waals surface area contributed by atoms with E-state index < -0.39 is 11.4 Å². The molecule has 5 nitrogen and oxygen atoms in total. The van der Waals surface area contributed by atoms with Crippen LogP contribution in [0, 0.1) is 11.3 Å². The van der Waals surface area contributed by atoms with Gasteiger partial charge in [0.25, 0.3) is 0 Å². The van der Waals surface area contributed by atoms with Crippen molar-refractivity contribution in [3.05, 3.63) is 0 Å². The smallest absolute Gasteiger partial charge is 0.319 e. The molecule has 0 spiro atoms. The fourth-order valence-electron chi connectivity index (χ4n) is 2.30. The molecule has 1 saturated heterocycles. The molecule has 1 heterocycles. The van der Waals surface area contributed by atoms with Gasteiger partial charge < -0.3 is 15.2 Å². The number of nitrogens with one attached hydrogen (secondary N) is 1. The molecule has 0 bridgehead atoms. The fraction of sp³-hybridized carbons (Fsp3) is 0.833. The van der Waals surface area contributed by atoms with Gasteiger partial charge in [0, 0.05) is 19.3 Å². The van der Waals surface area contributed by atoms with Crippen molar-refractivity contribution in [1.29, 1.82) is 0 Å². The van der Waals surface area contributed by atoms with Crippen molar-refractivity contribution >= 4 is 11.9 Å². The quantitative estimate of drug-likeness (QED) is 0.713. The van der Waals surface area contributed by atoms with Crippen LogP contribution in [-0.2, 0) is 14.3 Å². The molecule has 2 N–H and O–H groups in total. The SMILES string of the molecule is CC(C(=O)O)(C(=O)NC1CC1)C1CCOCC1. The van der Waals surface area contributed by atoms with E-state index in [1.165, 1.54) is 0 Å². The Hall–Kier alpha value is -1.10. The van der Waals surface area contributed by atoms with Crippen LogP contribution in [0.2, 0.25) is 0 Å². The summed E-state index contributed by atoms with van der Waals surface area (Å²) in [4.78, 5) is 23.6. The van der Waals surface area contributed by atoms with Crippen LogP contribution < -0.4 is 5.32 Å². The van der Waals surface area contributed by atoms with Crippen molar-refractivity contribution in [3.63, 3.8) is 0 Å². The number of ether oxygens (including phenoxy) is 1. The van der Waals surface area contributed by atoms with Crippen molar-refractivity contribution in [2.45, 2.75) is 38.6 Å². The van der Waals surface area contributed by atoms with Gasteiger partial charge in [-0.2, -0.15) is 0 Å². The molecule has 1 saturated carbocycles. The number of carbonyl (C=O) groups is 2. The summed E-state index contributed by atoms with van der Waals surface area (Å²) in [5.74, 6) is -1.49. The molecular weight excluding hydrogens is 222 g/mol. The second-order valence-corrected chi connectivity index (χ2v) is 5.14. The number of carbonyl (C=O) groups excluding carboxylic acids is 1. The van der Waals surface area contributed by atoms with Gasteiger partial charge in [-0.15, -0.1) is 0 Å². The number of carboxylic acid groups (broad SMARTS) is 1. The van der Waals surface area contributed by atoms with Gasteiger partial charge in [-0.1, -0.05) is 0 Å². The van der Waals surface area contributed by atoms with E-state index in [1.54, 1.807) is 6.92 Å². The Kier molecular flexibility index (Phi) is 3.38. The van der Waals surface area contributed by atoms with Crippen LogP contribution in [0.1, 0.15) is 32.6 Å². The number of aliphatic carboxylic acids is 1. The van der Waals surface area contributed by atoms with Gasteiger partial charge >= 0.3 is 5.97 Å². The van der Waals surface area contributed by atoms with Gasteiger partial charge in [-0.3, -0.25) is 9.59 Å². The molecule has 2 rings (SSSR count). The molecular formula is C12H19NO4. The molecule has 2 aliphatic rings. The molecule has 1 aliphatic heterocycles. The van der Waals surface area contributed by atoms with Gasteiger partial charge in [0.05, 0.1) is 0 Å². The van der Waals surface area contributed by atoms with Crippen molar-refractivity contribution in [2.75, 3.05) is 13.2 Å². The highest BCUT2D eigenvalue weighted by molar-refractivity contribution is 6.02. The number of carboxylic acids is 1. The minimum Gasteiger partial charge on any atom is -0.480 e. The Morgan fingerprint density at radius 1 is 1.24 bits per heavy atom. The third-order valence-electron chi connectivity index (χ3n) is 3.87. The molecule has 0 aromatic heterocycles. The summed E-state index contributed by atoms with van der Waals surface area (Å²) >= 11 is 0. The highest BCUT2D eigenvalue weighted by Crippen LogP contribution is 2.36. The lowest BCUT2D eigenvalue weighted by molar-refractivity contribution is -0.161. The Morgan fingerprint density at radius 3 is 2.29 bits per heavy atom. The predicted octanol–water partition coefficient (Wildman–Crippen LogP) is 0.782. The lowest BCUT2D eigenvalue weighted by atomic mass is 9.72.